The molecule has 112 valence electrons. The van der Waals surface area contributed by atoms with Crippen LogP contribution in [0.25, 0.3) is 0 Å². The molecule has 2 aromatic heterocycles. The fraction of sp³-hybridized carbons (Fsp3) is 0.267. The lowest BCUT2D eigenvalue weighted by molar-refractivity contribution is 0.236. The number of hydrogen-bond donors (Lipinski definition) is 0. The highest BCUT2D eigenvalue weighted by molar-refractivity contribution is 5.78. The molecule has 0 aliphatic carbocycles. The molecule has 0 radical (unpaired) electrons. The van der Waals surface area contributed by atoms with Crippen LogP contribution >= 0.6 is 0 Å². The quantitative estimate of drug-likeness (QED) is 0.735. The molecular formula is C15H16N6O. The Labute approximate surface area is 127 Å². The van der Waals surface area contributed by atoms with Crippen molar-refractivity contribution in [2.75, 3.05) is 0 Å². The van der Waals surface area contributed by atoms with E-state index in [9.17, 15) is 4.79 Å². The molecule has 7 heteroatoms. The van der Waals surface area contributed by atoms with Gasteiger partial charge in [-0.3, -0.25) is 0 Å². The highest BCUT2D eigenvalue weighted by Gasteiger charge is 2.19. The van der Waals surface area contributed by atoms with E-state index >= 15 is 0 Å². The predicted octanol–water partition coefficient (Wildman–Crippen LogP) is 1.93. The summed E-state index contributed by atoms with van der Waals surface area (Å²) in [5.74, 6) is 0. The smallest absolute Gasteiger partial charge is 0.243 e. The largest absolute Gasteiger partial charge is 0.372 e. The van der Waals surface area contributed by atoms with E-state index in [2.05, 4.69) is 27.5 Å². The number of hydrogen-bond acceptors (Lipinski definition) is 5. The zero-order chi connectivity index (χ0) is 15.4. The summed E-state index contributed by atoms with van der Waals surface area (Å²) < 4.78 is 2.46. The van der Waals surface area contributed by atoms with Gasteiger partial charge in [-0.05, 0) is 12.0 Å². The number of rotatable bonds is 4. The lowest BCUT2D eigenvalue weighted by Gasteiger charge is -2.06. The average molecular weight is 296 g/mol. The average Bonchev–Trinajstić information content (AvgIpc) is 3.19. The van der Waals surface area contributed by atoms with Crippen LogP contribution in [0, 0.1) is 0 Å². The second-order valence-electron chi connectivity index (χ2n) is 4.94. The maximum atomic E-state index is 12.5. The lowest BCUT2D eigenvalue weighted by atomic mass is 10.1. The Morgan fingerprint density at radius 2 is 2.00 bits per heavy atom. The first-order valence-electron chi connectivity index (χ1n) is 7.18. The van der Waals surface area contributed by atoms with Crippen LogP contribution in [-0.2, 0) is 12.8 Å². The Kier molecular flexibility index (Phi) is 4.04. The van der Waals surface area contributed by atoms with Gasteiger partial charge in [0.15, 0.2) is 0 Å². The van der Waals surface area contributed by atoms with Crippen molar-refractivity contribution in [1.29, 1.82) is 0 Å². The van der Waals surface area contributed by atoms with Gasteiger partial charge in [0.05, 0.1) is 23.8 Å². The third kappa shape index (κ3) is 2.78. The molecule has 7 nitrogen and oxygen atoms in total. The summed E-state index contributed by atoms with van der Waals surface area (Å²) >= 11 is 0. The summed E-state index contributed by atoms with van der Waals surface area (Å²) in [6.45, 7) is 2.07. The van der Waals surface area contributed by atoms with Crippen molar-refractivity contribution >= 4 is 6.03 Å². The molecular weight excluding hydrogens is 280 g/mol. The molecule has 0 unspecified atom stereocenters. The van der Waals surface area contributed by atoms with Gasteiger partial charge in [-0.15, -0.1) is 10.2 Å². The molecule has 0 bridgehead atoms. The first-order valence-corrected chi connectivity index (χ1v) is 7.18. The summed E-state index contributed by atoms with van der Waals surface area (Å²) in [6, 6.07) is 9.58. The van der Waals surface area contributed by atoms with Crippen LogP contribution in [0.5, 0.6) is 0 Å². The third-order valence-electron chi connectivity index (χ3n) is 3.34. The van der Waals surface area contributed by atoms with Gasteiger partial charge < -0.3 is 0 Å². The van der Waals surface area contributed by atoms with Crippen molar-refractivity contribution in [3.8, 4) is 0 Å². The van der Waals surface area contributed by atoms with Crippen LogP contribution in [0.1, 0.15) is 30.3 Å². The minimum atomic E-state index is -0.377. The molecule has 3 aromatic rings. The van der Waals surface area contributed by atoms with Crippen LogP contribution < -0.4 is 0 Å². The number of aromatic nitrogens is 6. The van der Waals surface area contributed by atoms with E-state index in [1.165, 1.54) is 17.1 Å². The highest BCUT2D eigenvalue weighted by Crippen LogP contribution is 2.14. The van der Waals surface area contributed by atoms with Gasteiger partial charge in [-0.2, -0.15) is 9.36 Å². The van der Waals surface area contributed by atoms with Gasteiger partial charge in [0.2, 0.25) is 0 Å². The standard InChI is InChI=1S/C15H16N6O/c1-2-6-13-14(11-12-7-4-3-5-8-12)21(19-17-13)15(22)20-10-9-16-18-20/h3-5,7-10H,2,6,11H2,1H3. The SMILES string of the molecule is CCCc1nnn(C(=O)n2ccnn2)c1Cc1ccccc1. The van der Waals surface area contributed by atoms with Crippen molar-refractivity contribution in [2.24, 2.45) is 0 Å². The summed E-state index contributed by atoms with van der Waals surface area (Å²) in [6.07, 6.45) is 5.28. The Morgan fingerprint density at radius 3 is 2.68 bits per heavy atom. The molecule has 0 N–H and O–H groups in total. The van der Waals surface area contributed by atoms with Gasteiger partial charge in [-0.1, -0.05) is 54.1 Å². The van der Waals surface area contributed by atoms with E-state index in [1.807, 2.05) is 30.3 Å². The molecule has 0 fully saturated rings. The van der Waals surface area contributed by atoms with E-state index in [0.29, 0.717) is 6.42 Å². The Morgan fingerprint density at radius 1 is 1.18 bits per heavy atom. The van der Waals surface area contributed by atoms with Gasteiger partial charge in [0, 0.05) is 6.42 Å². The van der Waals surface area contributed by atoms with Crippen molar-refractivity contribution in [3.05, 3.63) is 59.7 Å². The van der Waals surface area contributed by atoms with Crippen LogP contribution in [0.15, 0.2) is 42.7 Å². The van der Waals surface area contributed by atoms with Gasteiger partial charge in [-0.25, -0.2) is 4.79 Å². The summed E-state index contributed by atoms with van der Waals surface area (Å²) in [5, 5.41) is 15.6. The normalized spacial score (nSPS) is 10.8. The molecule has 0 amide bonds. The predicted molar refractivity (Wildman–Crippen MR) is 79.5 cm³/mol. The topological polar surface area (TPSA) is 78.5 Å². The molecule has 3 rings (SSSR count). The van der Waals surface area contributed by atoms with Crippen molar-refractivity contribution in [2.45, 2.75) is 26.2 Å². The summed E-state index contributed by atoms with van der Waals surface area (Å²) in [5.41, 5.74) is 2.75. The fourth-order valence-electron chi connectivity index (χ4n) is 2.29. The molecule has 0 aliphatic heterocycles. The second kappa shape index (κ2) is 6.30. The lowest BCUT2D eigenvalue weighted by Crippen LogP contribution is -2.23. The van der Waals surface area contributed by atoms with E-state index in [4.69, 9.17) is 0 Å². The van der Waals surface area contributed by atoms with Crippen LogP contribution in [0.4, 0.5) is 4.79 Å². The number of benzene rings is 1. The van der Waals surface area contributed by atoms with Crippen molar-refractivity contribution in [1.82, 2.24) is 30.0 Å². The number of carbonyl (C=O) groups is 1. The number of carbonyl (C=O) groups excluding carboxylic acids is 1. The minimum Gasteiger partial charge on any atom is -0.243 e. The second-order valence-corrected chi connectivity index (χ2v) is 4.94. The first-order chi connectivity index (χ1) is 10.8. The molecule has 2 heterocycles. The Hall–Kier alpha value is -2.83. The Bertz CT molecular complexity index is 748. The zero-order valence-corrected chi connectivity index (χ0v) is 12.3. The fourth-order valence-corrected chi connectivity index (χ4v) is 2.29. The minimum absolute atomic E-state index is 0.377. The van der Waals surface area contributed by atoms with Crippen molar-refractivity contribution < 1.29 is 4.79 Å². The first kappa shape index (κ1) is 14.1. The molecule has 0 saturated heterocycles. The maximum Gasteiger partial charge on any atom is 0.372 e. The van der Waals surface area contributed by atoms with E-state index in [1.54, 1.807) is 0 Å². The molecule has 0 spiro atoms. The molecule has 22 heavy (non-hydrogen) atoms. The third-order valence-corrected chi connectivity index (χ3v) is 3.34. The van der Waals surface area contributed by atoms with E-state index in [0.717, 1.165) is 34.5 Å². The Balaban J connectivity index is 1.98. The molecule has 1 aromatic carbocycles. The van der Waals surface area contributed by atoms with Gasteiger partial charge >= 0.3 is 6.03 Å². The zero-order valence-electron chi connectivity index (χ0n) is 12.3. The van der Waals surface area contributed by atoms with Gasteiger partial charge in [0.25, 0.3) is 0 Å². The van der Waals surface area contributed by atoms with E-state index in [-0.39, 0.29) is 6.03 Å². The highest BCUT2D eigenvalue weighted by atomic mass is 16.2. The van der Waals surface area contributed by atoms with E-state index < -0.39 is 0 Å². The molecule has 0 saturated carbocycles. The van der Waals surface area contributed by atoms with Crippen LogP contribution in [-0.4, -0.2) is 36.0 Å². The molecule has 0 aliphatic rings. The maximum absolute atomic E-state index is 12.5. The van der Waals surface area contributed by atoms with Gasteiger partial charge in [0.1, 0.15) is 0 Å². The molecule has 0 atom stereocenters. The van der Waals surface area contributed by atoms with Crippen LogP contribution in [0.2, 0.25) is 0 Å². The number of nitrogens with zero attached hydrogens (tertiary/aromatic N) is 6. The van der Waals surface area contributed by atoms with Crippen LogP contribution in [0.3, 0.4) is 0 Å². The summed E-state index contributed by atoms with van der Waals surface area (Å²) in [7, 11) is 0. The summed E-state index contributed by atoms with van der Waals surface area (Å²) in [4.78, 5) is 12.5. The van der Waals surface area contributed by atoms with Crippen molar-refractivity contribution in [3.63, 3.8) is 0 Å². The monoisotopic (exact) mass is 296 g/mol. The number of aryl methyl sites for hydroxylation is 1.